The topological polar surface area (TPSA) is 43.4 Å². The minimum absolute atomic E-state index is 0.0311. The summed E-state index contributed by atoms with van der Waals surface area (Å²) in [5.74, 6) is 0.976. The summed E-state index contributed by atoms with van der Waals surface area (Å²) in [6.45, 7) is 23.7. The fourth-order valence-corrected chi connectivity index (χ4v) is 15.9. The Kier molecular flexibility index (Phi) is 17.1. The molecular weight excluding hydrogens is 1220 g/mol. The van der Waals surface area contributed by atoms with E-state index in [1.165, 1.54) is 45.5 Å². The molecule has 2 unspecified atom stereocenters. The minimum Gasteiger partial charge on any atom is -0.493 e. The van der Waals surface area contributed by atoms with Crippen molar-refractivity contribution in [3.8, 4) is 33.8 Å². The first-order chi connectivity index (χ1) is 48.2. The third-order valence-electron chi connectivity index (χ3n) is 21.6. The lowest BCUT2D eigenvalue weighted by Crippen LogP contribution is -2.46. The quantitative estimate of drug-likeness (QED) is 0.0714. The predicted octanol–water partition coefficient (Wildman–Crippen LogP) is 22.6. The number of nitrogens with zero attached hydrogens (tertiary/aromatic N) is 2. The molecule has 99 heavy (non-hydrogen) atoms. The lowest BCUT2D eigenvalue weighted by Gasteiger charge is -2.40. The van der Waals surface area contributed by atoms with E-state index >= 15 is 8.78 Å². The van der Waals surface area contributed by atoms with Crippen LogP contribution in [0.5, 0.6) is 11.5 Å². The first kappa shape index (κ1) is 64.6. The van der Waals surface area contributed by atoms with Crippen LogP contribution in [0.15, 0.2) is 273 Å². The zero-order valence-corrected chi connectivity index (χ0v) is 57.5. The molecule has 0 spiro atoms. The molecule has 2 atom stereocenters. The number of benzene rings is 11. The van der Waals surface area contributed by atoms with Crippen molar-refractivity contribution in [2.24, 2.45) is 10.8 Å². The van der Waals surface area contributed by atoms with Crippen molar-refractivity contribution in [2.45, 2.75) is 72.1 Å². The molecule has 494 valence electrons. The molecule has 2 aliphatic carbocycles. The maximum atomic E-state index is 15.8. The van der Waals surface area contributed by atoms with Crippen molar-refractivity contribution >= 4 is 39.7 Å². The molecule has 8 heteroatoms. The molecule has 11 aromatic carbocycles. The molecule has 0 N–H and O–H groups in total. The molecule has 6 nitrogen and oxygen atoms in total. The molecule has 0 radical (unpaired) electrons. The number of ether oxygens (including phenoxy) is 4. The summed E-state index contributed by atoms with van der Waals surface area (Å²) < 4.78 is 55.9. The third-order valence-corrected chi connectivity index (χ3v) is 21.6. The molecule has 2 aliphatic heterocycles. The normalized spacial score (nSPS) is 17.7. The smallest absolute Gasteiger partial charge is 0.125 e. The van der Waals surface area contributed by atoms with E-state index in [1.54, 1.807) is 24.3 Å². The second kappa shape index (κ2) is 26.1. The van der Waals surface area contributed by atoms with Gasteiger partial charge in [-0.2, -0.15) is 0 Å². The van der Waals surface area contributed by atoms with Crippen molar-refractivity contribution in [1.82, 2.24) is 0 Å². The van der Waals surface area contributed by atoms with Crippen LogP contribution < -0.4 is 19.3 Å². The van der Waals surface area contributed by atoms with Crippen LogP contribution in [0.1, 0.15) is 100 Å². The Morgan fingerprint density at radius 2 is 0.859 bits per heavy atom. The van der Waals surface area contributed by atoms with Crippen LogP contribution in [0, 0.1) is 50.2 Å². The number of halogens is 2. The Bertz CT molecular complexity index is 4940. The van der Waals surface area contributed by atoms with E-state index in [0.29, 0.717) is 51.0 Å². The molecule has 4 aliphatic rings. The monoisotopic (exact) mass is 1300 g/mol. The second-order valence-electron chi connectivity index (χ2n) is 27.7. The second-order valence-corrected chi connectivity index (χ2v) is 27.7. The molecule has 0 bridgehead atoms. The maximum absolute atomic E-state index is 15.8. The zero-order valence-electron chi connectivity index (χ0n) is 57.5. The summed E-state index contributed by atoms with van der Waals surface area (Å²) >= 11 is 0. The van der Waals surface area contributed by atoms with Crippen LogP contribution in [0.4, 0.5) is 42.9 Å². The third kappa shape index (κ3) is 11.2. The lowest BCUT2D eigenvalue weighted by molar-refractivity contribution is -0.133. The van der Waals surface area contributed by atoms with E-state index in [4.69, 9.17) is 18.9 Å². The van der Waals surface area contributed by atoms with Crippen molar-refractivity contribution in [2.75, 3.05) is 49.4 Å². The fraction of sp³-hybridized carbons (Fsp3) is 0.209. The number of allylic oxidation sites excluding steroid dienone is 5. The van der Waals surface area contributed by atoms with Gasteiger partial charge in [-0.05, 0) is 246 Å². The van der Waals surface area contributed by atoms with E-state index in [-0.39, 0.29) is 22.5 Å². The highest BCUT2D eigenvalue weighted by molar-refractivity contribution is 5.95. The first-order valence-corrected chi connectivity index (χ1v) is 34.7. The van der Waals surface area contributed by atoms with Gasteiger partial charge in [0.05, 0.1) is 61.3 Å². The van der Waals surface area contributed by atoms with Crippen LogP contribution in [0.2, 0.25) is 0 Å². The predicted molar refractivity (Wildman–Crippen MR) is 400 cm³/mol. The number of fused-ring (bicyclic) bond motifs is 4. The molecule has 0 aromatic heterocycles. The molecular formula is C91H82F2N2O4. The van der Waals surface area contributed by atoms with Crippen molar-refractivity contribution in [3.05, 3.63) is 351 Å². The number of aryl methyl sites for hydroxylation is 4. The van der Waals surface area contributed by atoms with Gasteiger partial charge in [-0.15, -0.1) is 0 Å². The van der Waals surface area contributed by atoms with Crippen LogP contribution in [0.25, 0.3) is 27.8 Å². The van der Waals surface area contributed by atoms with E-state index in [0.717, 1.165) is 114 Å². The van der Waals surface area contributed by atoms with Crippen LogP contribution >= 0.6 is 0 Å². The van der Waals surface area contributed by atoms with Gasteiger partial charge in [-0.3, -0.25) is 0 Å². The Labute approximate surface area is 581 Å². The summed E-state index contributed by atoms with van der Waals surface area (Å²) in [5, 5.41) is 0. The fourth-order valence-electron chi connectivity index (χ4n) is 15.9. The molecule has 0 saturated carbocycles. The van der Waals surface area contributed by atoms with Gasteiger partial charge in [-0.1, -0.05) is 183 Å². The highest BCUT2D eigenvalue weighted by Crippen LogP contribution is 2.60. The molecule has 0 amide bonds. The summed E-state index contributed by atoms with van der Waals surface area (Å²) in [6.07, 6.45) is 8.35. The average Bonchev–Trinajstić information content (AvgIpc) is 1.55. The molecule has 2 heterocycles. The summed E-state index contributed by atoms with van der Waals surface area (Å²) in [7, 11) is 0. The molecule has 2 fully saturated rings. The lowest BCUT2D eigenvalue weighted by atomic mass is 9.65. The van der Waals surface area contributed by atoms with Crippen LogP contribution in [0.3, 0.4) is 0 Å². The van der Waals surface area contributed by atoms with Gasteiger partial charge in [0, 0.05) is 34.1 Å². The standard InChI is InChI=1S/C91H82F2N2O4/c1-9-17-82-78(10-2)80-46-40-74(52-86(80)90(82,84-48-60(5)24-26-62(84)7)66-32-42-76(43-33-66)98-58-88(11-3)54-96-55-88)94(72-20-15-18-68(92)50-72)70-36-28-64(29-37-70)65-30-38-71(39-31-65)95(73-21-16-19-69(93)51-73)75-41-47-81-79-22-13-14-23-83(79)91(87(81)53-75,85-49-61(6)25-27-63(85)8)67-34-44-77(45-35-67)99-59-89(12-4)56-97-57-89/h9-10,13-53H,2,11-12,54-59H2,1,3-8H3/b17-9-. The largest absolute Gasteiger partial charge is 0.493 e. The van der Waals surface area contributed by atoms with Gasteiger partial charge in [0.2, 0.25) is 0 Å². The molecule has 15 rings (SSSR count). The number of rotatable bonds is 21. The molecule has 2 saturated heterocycles. The number of hydrogen-bond donors (Lipinski definition) is 0. The van der Waals surface area contributed by atoms with E-state index < -0.39 is 10.8 Å². The number of anilines is 6. The Hall–Kier alpha value is -10.4. The summed E-state index contributed by atoms with van der Waals surface area (Å²) in [4.78, 5) is 4.31. The highest BCUT2D eigenvalue weighted by Gasteiger charge is 2.50. The van der Waals surface area contributed by atoms with Crippen LogP contribution in [-0.4, -0.2) is 39.6 Å². The van der Waals surface area contributed by atoms with Gasteiger partial charge in [0.15, 0.2) is 0 Å². The minimum atomic E-state index is -0.791. The van der Waals surface area contributed by atoms with E-state index in [2.05, 4.69) is 271 Å². The van der Waals surface area contributed by atoms with Gasteiger partial charge in [-0.25, -0.2) is 8.78 Å². The maximum Gasteiger partial charge on any atom is 0.125 e. The van der Waals surface area contributed by atoms with Crippen LogP contribution in [-0.2, 0) is 20.3 Å². The van der Waals surface area contributed by atoms with Gasteiger partial charge < -0.3 is 28.7 Å². The van der Waals surface area contributed by atoms with E-state index in [9.17, 15) is 0 Å². The first-order valence-electron chi connectivity index (χ1n) is 34.7. The highest BCUT2D eigenvalue weighted by atomic mass is 19.1. The van der Waals surface area contributed by atoms with Gasteiger partial charge in [0.1, 0.15) is 23.1 Å². The van der Waals surface area contributed by atoms with Crippen molar-refractivity contribution < 1.29 is 27.7 Å². The molecule has 11 aromatic rings. The van der Waals surface area contributed by atoms with E-state index in [1.807, 2.05) is 18.2 Å². The SMILES string of the molecule is C=CC1=C(/C=C\C)C(c2ccc(OCC3(CC)COC3)cc2)(c2cc(C)ccc2C)c2cc(N(c3ccc(-c4ccc(N(c5cccc(F)c5)c5ccc6c(c5)C(c5ccc(OCC7(CC)COC7)cc5)(c5cc(C)ccc5C)c5ccccc5-6)cc4)cc3)c3cccc(F)c3)ccc21. The van der Waals surface area contributed by atoms with Crippen molar-refractivity contribution in [3.63, 3.8) is 0 Å². The Morgan fingerprint density at radius 1 is 0.424 bits per heavy atom. The zero-order chi connectivity index (χ0) is 68.2. The summed E-state index contributed by atoms with van der Waals surface area (Å²) in [5.41, 5.74) is 23.6. The average molecular weight is 1310 g/mol. The van der Waals surface area contributed by atoms with Gasteiger partial charge >= 0.3 is 0 Å². The van der Waals surface area contributed by atoms with Crippen molar-refractivity contribution in [1.29, 1.82) is 0 Å². The van der Waals surface area contributed by atoms with Gasteiger partial charge in [0.25, 0.3) is 0 Å². The Balaban J connectivity index is 0.807. The summed E-state index contributed by atoms with van der Waals surface area (Å²) in [6, 6.07) is 83.8. The Morgan fingerprint density at radius 3 is 1.31 bits per heavy atom. The number of hydrogen-bond acceptors (Lipinski definition) is 6.